The van der Waals surface area contributed by atoms with Crippen molar-refractivity contribution in [2.24, 2.45) is 0 Å². The molecule has 0 saturated heterocycles. The lowest BCUT2D eigenvalue weighted by Gasteiger charge is -2.27. The summed E-state index contributed by atoms with van der Waals surface area (Å²) in [6, 6.07) is 27.3. The van der Waals surface area contributed by atoms with E-state index < -0.39 is 22.0 Å². The van der Waals surface area contributed by atoms with Gasteiger partial charge in [0.05, 0.1) is 5.56 Å². The van der Waals surface area contributed by atoms with Crippen LogP contribution in [0.3, 0.4) is 0 Å². The quantitative estimate of drug-likeness (QED) is 0.409. The van der Waals surface area contributed by atoms with Crippen LogP contribution in [0.5, 0.6) is 5.75 Å². The Morgan fingerprint density at radius 3 is 1.97 bits per heavy atom. The summed E-state index contributed by atoms with van der Waals surface area (Å²) in [5, 5.41) is 9.92. The van der Waals surface area contributed by atoms with Crippen LogP contribution in [0.4, 0.5) is 11.4 Å². The summed E-state index contributed by atoms with van der Waals surface area (Å²) in [5.74, 6) is -0.444. The third kappa shape index (κ3) is 3.93. The van der Waals surface area contributed by atoms with Crippen LogP contribution in [0.15, 0.2) is 94.1 Å². The number of benzene rings is 3. The molecule has 1 heterocycles. The van der Waals surface area contributed by atoms with E-state index in [-0.39, 0.29) is 5.56 Å². The molecule has 0 fully saturated rings. The Morgan fingerprint density at radius 2 is 1.43 bits per heavy atom. The number of fused-ring (bicyclic) bond motifs is 1. The van der Waals surface area contributed by atoms with Crippen LogP contribution in [0.25, 0.3) is 6.08 Å². The second kappa shape index (κ2) is 8.58. The van der Waals surface area contributed by atoms with Crippen LogP contribution < -0.4 is 20.7 Å². The molecule has 1 aliphatic heterocycles. The average Bonchev–Trinajstić information content (AvgIpc) is 3.07. The molecule has 4 aromatic rings. The van der Waals surface area contributed by atoms with Crippen molar-refractivity contribution >= 4 is 17.5 Å². The second-order valence-electron chi connectivity index (χ2n) is 9.66. The minimum absolute atomic E-state index is 0.0905. The number of aromatic hydroxyl groups is 1. The van der Waals surface area contributed by atoms with E-state index in [4.69, 9.17) is 0 Å². The zero-order chi connectivity index (χ0) is 24.7. The van der Waals surface area contributed by atoms with Gasteiger partial charge in [-0.1, -0.05) is 74.5 Å². The maximum Gasteiger partial charge on any atom is 0.268 e. The molecule has 5 nitrogen and oxygen atoms in total. The lowest BCUT2D eigenvalue weighted by atomic mass is 9.82. The van der Waals surface area contributed by atoms with Crippen molar-refractivity contribution in [3.8, 4) is 5.75 Å². The van der Waals surface area contributed by atoms with E-state index in [0.717, 1.165) is 35.7 Å². The maximum absolute atomic E-state index is 12.0. The van der Waals surface area contributed by atoms with Gasteiger partial charge < -0.3 is 14.9 Å². The van der Waals surface area contributed by atoms with Crippen LogP contribution in [0.1, 0.15) is 36.1 Å². The van der Waals surface area contributed by atoms with Gasteiger partial charge in [0, 0.05) is 42.6 Å². The molecule has 0 atom stereocenters. The average molecular weight is 465 g/mol. The fourth-order valence-electron chi connectivity index (χ4n) is 4.99. The summed E-state index contributed by atoms with van der Waals surface area (Å²) in [7, 11) is 1.95. The van der Waals surface area contributed by atoms with Gasteiger partial charge in [-0.25, -0.2) is 0 Å². The normalized spacial score (nSPS) is 15.5. The van der Waals surface area contributed by atoms with Gasteiger partial charge in [-0.3, -0.25) is 9.59 Å². The molecule has 0 saturated carbocycles. The third-order valence-corrected chi connectivity index (χ3v) is 7.02. The minimum atomic E-state index is -0.812. The van der Waals surface area contributed by atoms with Gasteiger partial charge in [0.25, 0.3) is 5.43 Å². The van der Waals surface area contributed by atoms with E-state index >= 15 is 0 Å². The first kappa shape index (κ1) is 22.7. The van der Waals surface area contributed by atoms with Gasteiger partial charge in [-0.2, -0.15) is 0 Å². The van der Waals surface area contributed by atoms with Gasteiger partial charge in [0.1, 0.15) is 0 Å². The molecule has 0 unspecified atom stereocenters. The van der Waals surface area contributed by atoms with E-state index in [9.17, 15) is 14.7 Å². The number of hydrogen-bond donors (Lipinski definition) is 1. The third-order valence-electron chi connectivity index (χ3n) is 7.02. The first-order chi connectivity index (χ1) is 16.8. The summed E-state index contributed by atoms with van der Waals surface area (Å²) in [6.07, 6.45) is 1.66. The molecule has 1 aliphatic rings. The molecular weight excluding hydrogens is 436 g/mol. The highest BCUT2D eigenvalue weighted by Crippen LogP contribution is 2.49. The van der Waals surface area contributed by atoms with E-state index in [1.807, 2.05) is 24.1 Å². The SMILES string of the molecule is CN1/C(=C/c2c(O)c(=O)c2=O)C(C)(C)c2cc(N(Cc3ccccc3)Cc3ccccc3)ccc21. The molecule has 0 radical (unpaired) electrons. The molecule has 35 heavy (non-hydrogen) atoms. The zero-order valence-corrected chi connectivity index (χ0v) is 20.2. The predicted molar refractivity (Wildman–Crippen MR) is 142 cm³/mol. The monoisotopic (exact) mass is 464 g/mol. The van der Waals surface area contributed by atoms with Crippen molar-refractivity contribution in [2.45, 2.75) is 32.4 Å². The molecule has 0 aliphatic carbocycles. The fourth-order valence-corrected chi connectivity index (χ4v) is 4.99. The van der Waals surface area contributed by atoms with E-state index in [2.05, 4.69) is 85.5 Å². The Morgan fingerprint density at radius 1 is 0.857 bits per heavy atom. The van der Waals surface area contributed by atoms with Crippen molar-refractivity contribution in [1.82, 2.24) is 0 Å². The number of likely N-dealkylation sites (N-methyl/N-ethyl adjacent to an activating group) is 1. The van der Waals surface area contributed by atoms with Crippen molar-refractivity contribution in [2.75, 3.05) is 16.8 Å². The molecule has 1 N–H and O–H groups in total. The molecular formula is C30H28N2O3. The molecule has 0 spiro atoms. The topological polar surface area (TPSA) is 60.9 Å². The van der Waals surface area contributed by atoms with Crippen molar-refractivity contribution < 1.29 is 5.11 Å². The number of rotatable bonds is 6. The molecule has 176 valence electrons. The number of hydrogen-bond acceptors (Lipinski definition) is 5. The van der Waals surface area contributed by atoms with Gasteiger partial charge in [-0.05, 0) is 41.0 Å². The van der Waals surface area contributed by atoms with Crippen LogP contribution in [-0.4, -0.2) is 12.2 Å². The Kier molecular flexibility index (Phi) is 5.56. The fraction of sp³-hybridized carbons (Fsp3) is 0.200. The predicted octanol–water partition coefficient (Wildman–Crippen LogP) is 4.96. The number of anilines is 2. The standard InChI is InChI=1S/C30H28N2O3/c1-30(2)24-16-22(14-15-25(24)31(3)26(30)17-23-27(33)29(35)28(23)34)32(18-20-10-6-4-7-11-20)19-21-12-8-5-9-13-21/h4-17,33H,18-19H2,1-3H3/b26-17+. The number of allylic oxidation sites excluding steroid dienone is 1. The smallest absolute Gasteiger partial charge is 0.268 e. The lowest BCUT2D eigenvalue weighted by Crippen LogP contribution is -2.33. The Balaban J connectivity index is 1.54. The molecule has 5 heteroatoms. The highest BCUT2D eigenvalue weighted by Gasteiger charge is 2.39. The van der Waals surface area contributed by atoms with Crippen LogP contribution in [0, 0.1) is 0 Å². The van der Waals surface area contributed by atoms with Crippen molar-refractivity contribution in [3.63, 3.8) is 0 Å². The first-order valence-corrected chi connectivity index (χ1v) is 11.7. The highest BCUT2D eigenvalue weighted by atomic mass is 16.3. The maximum atomic E-state index is 12.0. The Labute approximate surface area is 204 Å². The summed E-state index contributed by atoms with van der Waals surface area (Å²) in [5.41, 5.74) is 4.84. The van der Waals surface area contributed by atoms with Crippen molar-refractivity contribution in [3.05, 3.63) is 127 Å². The Bertz CT molecular complexity index is 1440. The summed E-state index contributed by atoms with van der Waals surface area (Å²) >= 11 is 0. The van der Waals surface area contributed by atoms with Crippen LogP contribution in [0.2, 0.25) is 0 Å². The number of nitrogens with zero attached hydrogens (tertiary/aromatic N) is 2. The van der Waals surface area contributed by atoms with E-state index in [1.54, 1.807) is 6.08 Å². The van der Waals surface area contributed by atoms with E-state index in [1.165, 1.54) is 11.1 Å². The molecule has 4 aromatic carbocycles. The van der Waals surface area contributed by atoms with E-state index in [0.29, 0.717) is 0 Å². The first-order valence-electron chi connectivity index (χ1n) is 11.7. The minimum Gasteiger partial charge on any atom is -0.504 e. The van der Waals surface area contributed by atoms with Crippen LogP contribution in [-0.2, 0) is 18.5 Å². The molecule has 0 bridgehead atoms. The summed E-state index contributed by atoms with van der Waals surface area (Å²) < 4.78 is 0. The van der Waals surface area contributed by atoms with Gasteiger partial charge >= 0.3 is 0 Å². The highest BCUT2D eigenvalue weighted by molar-refractivity contribution is 5.79. The van der Waals surface area contributed by atoms with Crippen molar-refractivity contribution in [1.29, 1.82) is 0 Å². The second-order valence-corrected chi connectivity index (χ2v) is 9.66. The lowest BCUT2D eigenvalue weighted by molar-refractivity contribution is 0.461. The molecule has 0 aromatic heterocycles. The van der Waals surface area contributed by atoms with Gasteiger partial charge in [0.2, 0.25) is 5.43 Å². The molecule has 5 rings (SSSR count). The zero-order valence-electron chi connectivity index (χ0n) is 20.2. The van der Waals surface area contributed by atoms with Crippen LogP contribution >= 0.6 is 0 Å². The summed E-state index contributed by atoms with van der Waals surface area (Å²) in [6.45, 7) is 5.74. The molecule has 0 amide bonds. The van der Waals surface area contributed by atoms with Gasteiger partial charge in [-0.15, -0.1) is 0 Å². The van der Waals surface area contributed by atoms with Gasteiger partial charge in [0.15, 0.2) is 5.75 Å². The summed E-state index contributed by atoms with van der Waals surface area (Å²) in [4.78, 5) is 27.9. The Hall–Kier alpha value is -4.12. The largest absolute Gasteiger partial charge is 0.504 e.